The Morgan fingerprint density at radius 1 is 1.06 bits per heavy atom. The van der Waals surface area contributed by atoms with Crippen LogP contribution in [0.2, 0.25) is 0 Å². The van der Waals surface area contributed by atoms with Crippen molar-refractivity contribution in [2.45, 2.75) is 6.61 Å². The number of carbonyl (C=O) groups excluding carboxylic acids is 1. The van der Waals surface area contributed by atoms with E-state index in [2.05, 4.69) is 10.2 Å². The van der Waals surface area contributed by atoms with Crippen molar-refractivity contribution in [2.75, 3.05) is 31.1 Å². The summed E-state index contributed by atoms with van der Waals surface area (Å²) in [5.74, 6) is -0.985. The summed E-state index contributed by atoms with van der Waals surface area (Å²) in [4.78, 5) is 20.0. The van der Waals surface area contributed by atoms with Gasteiger partial charge in [-0.2, -0.15) is 0 Å². The third-order valence-electron chi connectivity index (χ3n) is 6.18. The molecule has 0 saturated carbocycles. The molecule has 1 fully saturated rings. The highest BCUT2D eigenvalue weighted by Gasteiger charge is 2.34. The average Bonchev–Trinajstić information content (AvgIpc) is 3.41. The summed E-state index contributed by atoms with van der Waals surface area (Å²) >= 11 is 0. The number of nitrogens with one attached hydrogen (secondary N) is 1. The van der Waals surface area contributed by atoms with Crippen LogP contribution in [0.3, 0.4) is 0 Å². The number of anilines is 1. The van der Waals surface area contributed by atoms with Gasteiger partial charge in [0, 0.05) is 38.1 Å². The third-order valence-corrected chi connectivity index (χ3v) is 6.18. The predicted molar refractivity (Wildman–Crippen MR) is 121 cm³/mol. The molecule has 0 atom stereocenters. The monoisotopic (exact) mass is 446 g/mol. The van der Waals surface area contributed by atoms with Gasteiger partial charge in [0.2, 0.25) is 0 Å². The zero-order valence-corrected chi connectivity index (χ0v) is 17.6. The van der Waals surface area contributed by atoms with Crippen molar-refractivity contribution in [2.24, 2.45) is 0 Å². The molecule has 0 radical (unpaired) electrons. The molecule has 4 heterocycles. The van der Waals surface area contributed by atoms with Crippen molar-refractivity contribution in [1.29, 1.82) is 0 Å². The molecule has 6 rings (SSSR count). The standard InChI is InChI=1S/C25H20F2N4O2/c26-16-5-3-15(4-6-16)14-33-24-21-18(27)12-17(30-10-7-28-8-11-30)13-19(21)29-23-20-2-1-9-31(20)25(32)22(23)24/h1-6,9,12-13,28H,7-8,10-11,14H2. The van der Waals surface area contributed by atoms with E-state index in [4.69, 9.17) is 9.72 Å². The lowest BCUT2D eigenvalue weighted by atomic mass is 10.0. The Balaban J connectivity index is 1.51. The summed E-state index contributed by atoms with van der Waals surface area (Å²) in [7, 11) is 0. The maximum Gasteiger partial charge on any atom is 0.268 e. The number of rotatable bonds is 4. The molecular formula is C25H20F2N4O2. The first-order chi connectivity index (χ1) is 16.1. The van der Waals surface area contributed by atoms with Gasteiger partial charge >= 0.3 is 0 Å². The maximum atomic E-state index is 15.6. The van der Waals surface area contributed by atoms with Gasteiger partial charge in [0.25, 0.3) is 5.91 Å². The van der Waals surface area contributed by atoms with Crippen LogP contribution in [-0.4, -0.2) is 41.6 Å². The van der Waals surface area contributed by atoms with Gasteiger partial charge in [-0.05, 0) is 42.0 Å². The Labute approximate surface area is 188 Å². The predicted octanol–water partition coefficient (Wildman–Crippen LogP) is 3.97. The number of pyridine rings is 1. The molecule has 1 N–H and O–H groups in total. The number of hydrogen-bond donors (Lipinski definition) is 1. The second-order valence-corrected chi connectivity index (χ2v) is 8.21. The summed E-state index contributed by atoms with van der Waals surface area (Å²) in [6.45, 7) is 3.25. The molecule has 6 nitrogen and oxygen atoms in total. The van der Waals surface area contributed by atoms with E-state index in [0.29, 0.717) is 22.5 Å². The van der Waals surface area contributed by atoms with Gasteiger partial charge in [-0.15, -0.1) is 0 Å². The lowest BCUT2D eigenvalue weighted by molar-refractivity contribution is 0.0965. The van der Waals surface area contributed by atoms with Crippen LogP contribution >= 0.6 is 0 Å². The Bertz CT molecular complexity index is 1390. The van der Waals surface area contributed by atoms with E-state index in [1.807, 2.05) is 12.1 Å². The number of ether oxygens (including phenoxy) is 1. The molecule has 0 spiro atoms. The van der Waals surface area contributed by atoms with Gasteiger partial charge in [-0.3, -0.25) is 9.36 Å². The zero-order chi connectivity index (χ0) is 22.5. The van der Waals surface area contributed by atoms with E-state index in [-0.39, 0.29) is 35.0 Å². The van der Waals surface area contributed by atoms with Crippen LogP contribution in [0.1, 0.15) is 15.9 Å². The molecule has 8 heteroatoms. The summed E-state index contributed by atoms with van der Waals surface area (Å²) in [6, 6.07) is 12.8. The fraction of sp³-hybridized carbons (Fsp3) is 0.200. The lowest BCUT2D eigenvalue weighted by Crippen LogP contribution is -2.43. The molecule has 4 aromatic rings. The molecule has 0 aliphatic carbocycles. The zero-order valence-electron chi connectivity index (χ0n) is 17.6. The summed E-state index contributed by atoms with van der Waals surface area (Å²) < 4.78 is 36.4. The van der Waals surface area contributed by atoms with Crippen LogP contribution in [0.5, 0.6) is 5.75 Å². The van der Waals surface area contributed by atoms with Crippen molar-refractivity contribution in [1.82, 2.24) is 14.9 Å². The van der Waals surface area contributed by atoms with Crippen molar-refractivity contribution >= 4 is 22.5 Å². The van der Waals surface area contributed by atoms with Gasteiger partial charge in [0.05, 0.1) is 16.6 Å². The highest BCUT2D eigenvalue weighted by Crippen LogP contribution is 2.43. The number of halogens is 2. The van der Waals surface area contributed by atoms with Crippen LogP contribution in [0.25, 0.3) is 22.3 Å². The van der Waals surface area contributed by atoms with Gasteiger partial charge in [0.15, 0.2) is 0 Å². The van der Waals surface area contributed by atoms with Crippen LogP contribution in [0.4, 0.5) is 14.5 Å². The van der Waals surface area contributed by atoms with E-state index in [1.54, 1.807) is 24.4 Å². The van der Waals surface area contributed by atoms with Gasteiger partial charge in [-0.25, -0.2) is 13.8 Å². The van der Waals surface area contributed by atoms with E-state index < -0.39 is 5.82 Å². The first kappa shape index (κ1) is 19.9. The van der Waals surface area contributed by atoms with Crippen molar-refractivity contribution in [3.05, 3.63) is 77.5 Å². The quantitative estimate of drug-likeness (QED) is 0.453. The van der Waals surface area contributed by atoms with E-state index in [0.717, 1.165) is 31.9 Å². The Morgan fingerprint density at radius 3 is 2.64 bits per heavy atom. The summed E-state index contributed by atoms with van der Waals surface area (Å²) in [5.41, 5.74) is 3.25. The number of piperazine rings is 1. The molecule has 2 aliphatic heterocycles. The molecule has 166 valence electrons. The average molecular weight is 446 g/mol. The van der Waals surface area contributed by atoms with Crippen LogP contribution < -0.4 is 15.0 Å². The summed E-state index contributed by atoms with van der Waals surface area (Å²) in [5, 5.41) is 3.47. The Morgan fingerprint density at radius 2 is 1.85 bits per heavy atom. The minimum absolute atomic E-state index is 0.0625. The number of aromatic nitrogens is 2. The molecule has 0 amide bonds. The molecule has 2 aromatic heterocycles. The topological polar surface area (TPSA) is 59.4 Å². The number of fused-ring (bicyclic) bond motifs is 4. The van der Waals surface area contributed by atoms with Crippen molar-refractivity contribution < 1.29 is 18.3 Å². The Hall–Kier alpha value is -3.78. The Kier molecular flexibility index (Phi) is 4.62. The molecule has 2 aliphatic rings. The second kappa shape index (κ2) is 7.67. The molecular weight excluding hydrogens is 426 g/mol. The van der Waals surface area contributed by atoms with E-state index >= 15 is 4.39 Å². The second-order valence-electron chi connectivity index (χ2n) is 8.21. The van der Waals surface area contributed by atoms with Crippen molar-refractivity contribution in [3.8, 4) is 17.1 Å². The molecule has 1 saturated heterocycles. The minimum atomic E-state index is -0.491. The van der Waals surface area contributed by atoms with Crippen LogP contribution in [0, 0.1) is 11.6 Å². The fourth-order valence-electron chi connectivity index (χ4n) is 4.54. The summed E-state index contributed by atoms with van der Waals surface area (Å²) in [6.07, 6.45) is 1.66. The van der Waals surface area contributed by atoms with E-state index in [1.165, 1.54) is 22.8 Å². The van der Waals surface area contributed by atoms with Crippen LogP contribution in [-0.2, 0) is 6.61 Å². The SMILES string of the molecule is O=C1c2c(nc3cc(N4CCNCC4)cc(F)c3c2OCc2ccc(F)cc2)-c2cccn21. The van der Waals surface area contributed by atoms with Gasteiger partial charge in [0.1, 0.15) is 35.2 Å². The number of carbonyl (C=O) groups is 1. The van der Waals surface area contributed by atoms with Crippen molar-refractivity contribution in [3.63, 3.8) is 0 Å². The molecule has 0 unspecified atom stereocenters. The minimum Gasteiger partial charge on any atom is -0.487 e. The highest BCUT2D eigenvalue weighted by molar-refractivity contribution is 6.14. The number of benzene rings is 2. The highest BCUT2D eigenvalue weighted by atomic mass is 19.1. The molecule has 2 aromatic carbocycles. The van der Waals surface area contributed by atoms with E-state index in [9.17, 15) is 9.18 Å². The number of nitrogens with zero attached hydrogens (tertiary/aromatic N) is 3. The van der Waals surface area contributed by atoms with Gasteiger partial charge in [-0.1, -0.05) is 12.1 Å². The maximum absolute atomic E-state index is 15.6. The largest absolute Gasteiger partial charge is 0.487 e. The molecule has 33 heavy (non-hydrogen) atoms. The number of hydrogen-bond acceptors (Lipinski definition) is 5. The van der Waals surface area contributed by atoms with Crippen LogP contribution in [0.15, 0.2) is 54.7 Å². The normalized spacial score (nSPS) is 15.1. The lowest BCUT2D eigenvalue weighted by Gasteiger charge is -2.29. The van der Waals surface area contributed by atoms with Gasteiger partial charge < -0.3 is 15.0 Å². The first-order valence-corrected chi connectivity index (χ1v) is 10.8. The third kappa shape index (κ3) is 3.25. The first-order valence-electron chi connectivity index (χ1n) is 10.8. The molecule has 0 bridgehead atoms. The smallest absolute Gasteiger partial charge is 0.268 e. The fourth-order valence-corrected chi connectivity index (χ4v) is 4.54.